The second kappa shape index (κ2) is 5.39. The Morgan fingerprint density at radius 3 is 2.65 bits per heavy atom. The maximum Gasteiger partial charge on any atom is 0.357 e. The standard InChI is InChI=1S/C11H12N4O4S/c1-7-10(9(11(16)17)15-14-7)20(18,19)13-6-8-2-4-12-5-3-8/h2-5,13H,6H2,1H3,(H,14,15)(H,16,17). The lowest BCUT2D eigenvalue weighted by molar-refractivity contribution is 0.0686. The van der Waals surface area contributed by atoms with Crippen LogP contribution in [0, 0.1) is 6.92 Å². The molecule has 2 aromatic rings. The SMILES string of the molecule is Cc1[nH]nc(C(=O)O)c1S(=O)(=O)NCc1ccncc1. The highest BCUT2D eigenvalue weighted by atomic mass is 32.2. The van der Waals surface area contributed by atoms with E-state index in [1.54, 1.807) is 12.1 Å². The number of nitrogens with zero attached hydrogens (tertiary/aromatic N) is 2. The average Bonchev–Trinajstić information content (AvgIpc) is 2.81. The van der Waals surface area contributed by atoms with E-state index in [2.05, 4.69) is 19.9 Å². The Labute approximate surface area is 114 Å². The Kier molecular flexibility index (Phi) is 3.81. The second-order valence-electron chi connectivity index (χ2n) is 4.01. The number of rotatable bonds is 5. The van der Waals surface area contributed by atoms with Gasteiger partial charge in [0.05, 0.1) is 5.69 Å². The largest absolute Gasteiger partial charge is 0.476 e. The summed E-state index contributed by atoms with van der Waals surface area (Å²) in [5.41, 5.74) is 0.357. The molecule has 0 radical (unpaired) electrons. The third kappa shape index (κ3) is 2.83. The topological polar surface area (TPSA) is 125 Å². The number of carboxylic acid groups (broad SMARTS) is 1. The molecule has 0 bridgehead atoms. The summed E-state index contributed by atoms with van der Waals surface area (Å²) in [4.78, 5) is 14.4. The van der Waals surface area contributed by atoms with E-state index in [1.165, 1.54) is 19.3 Å². The lowest BCUT2D eigenvalue weighted by Crippen LogP contribution is -2.25. The van der Waals surface area contributed by atoms with E-state index < -0.39 is 21.7 Å². The molecule has 9 heteroatoms. The smallest absolute Gasteiger partial charge is 0.357 e. The molecule has 8 nitrogen and oxygen atoms in total. The molecule has 0 aliphatic heterocycles. The van der Waals surface area contributed by atoms with Crippen molar-refractivity contribution in [3.63, 3.8) is 0 Å². The van der Waals surface area contributed by atoms with Gasteiger partial charge in [-0.1, -0.05) is 0 Å². The Morgan fingerprint density at radius 1 is 1.40 bits per heavy atom. The zero-order chi connectivity index (χ0) is 14.8. The number of aryl methyl sites for hydroxylation is 1. The van der Waals surface area contributed by atoms with Crippen LogP contribution < -0.4 is 4.72 Å². The summed E-state index contributed by atoms with van der Waals surface area (Å²) < 4.78 is 26.7. The van der Waals surface area contributed by atoms with Crippen molar-refractivity contribution in [3.05, 3.63) is 41.5 Å². The number of hydrogen-bond donors (Lipinski definition) is 3. The van der Waals surface area contributed by atoms with Crippen LogP contribution >= 0.6 is 0 Å². The number of hydrogen-bond acceptors (Lipinski definition) is 5. The maximum absolute atomic E-state index is 12.2. The molecule has 0 saturated carbocycles. The molecule has 0 aliphatic rings. The van der Waals surface area contributed by atoms with E-state index >= 15 is 0 Å². The summed E-state index contributed by atoms with van der Waals surface area (Å²) >= 11 is 0. The highest BCUT2D eigenvalue weighted by molar-refractivity contribution is 7.89. The predicted octanol–water partition coefficient (Wildman–Crippen LogP) is 0.290. The number of aromatic carboxylic acids is 1. The van der Waals surface area contributed by atoms with E-state index in [4.69, 9.17) is 5.11 Å². The summed E-state index contributed by atoms with van der Waals surface area (Å²) in [5.74, 6) is -1.40. The van der Waals surface area contributed by atoms with Crippen LogP contribution in [0.25, 0.3) is 0 Å². The van der Waals surface area contributed by atoms with E-state index in [-0.39, 0.29) is 17.1 Å². The number of pyridine rings is 1. The third-order valence-corrected chi connectivity index (χ3v) is 4.14. The van der Waals surface area contributed by atoms with Crippen LogP contribution in [0.1, 0.15) is 21.7 Å². The van der Waals surface area contributed by atoms with Crippen molar-refractivity contribution in [2.24, 2.45) is 0 Å². The van der Waals surface area contributed by atoms with Gasteiger partial charge in [-0.05, 0) is 24.6 Å². The highest BCUT2D eigenvalue weighted by Crippen LogP contribution is 2.17. The van der Waals surface area contributed by atoms with Gasteiger partial charge in [0.15, 0.2) is 5.69 Å². The van der Waals surface area contributed by atoms with Crippen molar-refractivity contribution < 1.29 is 18.3 Å². The molecule has 2 rings (SSSR count). The fourth-order valence-electron chi connectivity index (χ4n) is 1.64. The van der Waals surface area contributed by atoms with Gasteiger partial charge in [-0.15, -0.1) is 0 Å². The van der Waals surface area contributed by atoms with Crippen molar-refractivity contribution in [1.82, 2.24) is 19.9 Å². The van der Waals surface area contributed by atoms with Gasteiger partial charge in [-0.3, -0.25) is 10.1 Å². The van der Waals surface area contributed by atoms with Gasteiger partial charge in [0, 0.05) is 18.9 Å². The molecule has 20 heavy (non-hydrogen) atoms. The van der Waals surface area contributed by atoms with Crippen molar-refractivity contribution >= 4 is 16.0 Å². The molecule has 0 saturated heterocycles. The van der Waals surface area contributed by atoms with Gasteiger partial charge in [-0.25, -0.2) is 17.9 Å². The first-order valence-corrected chi connectivity index (χ1v) is 7.07. The normalized spacial score (nSPS) is 11.4. The molecule has 0 amide bonds. The Bertz CT molecular complexity index is 724. The predicted molar refractivity (Wildman–Crippen MR) is 68.5 cm³/mol. The van der Waals surface area contributed by atoms with Crippen LogP contribution in [-0.4, -0.2) is 34.7 Å². The zero-order valence-corrected chi connectivity index (χ0v) is 11.3. The fourth-order valence-corrected chi connectivity index (χ4v) is 2.98. The maximum atomic E-state index is 12.2. The molecule has 0 unspecified atom stereocenters. The van der Waals surface area contributed by atoms with Crippen molar-refractivity contribution in [2.75, 3.05) is 0 Å². The van der Waals surface area contributed by atoms with Crippen molar-refractivity contribution in [3.8, 4) is 0 Å². The molecular weight excluding hydrogens is 284 g/mol. The third-order valence-electron chi connectivity index (χ3n) is 2.58. The molecule has 0 fully saturated rings. The zero-order valence-electron chi connectivity index (χ0n) is 10.5. The molecule has 106 valence electrons. The number of carbonyl (C=O) groups is 1. The van der Waals surface area contributed by atoms with E-state index in [9.17, 15) is 13.2 Å². The molecule has 0 spiro atoms. The summed E-state index contributed by atoms with van der Waals surface area (Å²) in [6, 6.07) is 3.31. The van der Waals surface area contributed by atoms with Crippen LogP contribution in [-0.2, 0) is 16.6 Å². The lowest BCUT2D eigenvalue weighted by Gasteiger charge is -2.06. The molecular formula is C11H12N4O4S. The Hall–Kier alpha value is -2.26. The van der Waals surface area contributed by atoms with Crippen LogP contribution in [0.15, 0.2) is 29.4 Å². The summed E-state index contributed by atoms with van der Waals surface area (Å²) in [5, 5.41) is 14.8. The quantitative estimate of drug-likeness (QED) is 0.728. The first-order valence-electron chi connectivity index (χ1n) is 5.58. The summed E-state index contributed by atoms with van der Waals surface area (Å²) in [6.45, 7) is 1.48. The number of carboxylic acids is 1. The van der Waals surface area contributed by atoms with Gasteiger partial charge in [0.25, 0.3) is 0 Å². The van der Waals surface area contributed by atoms with Gasteiger partial charge in [-0.2, -0.15) is 5.10 Å². The van der Waals surface area contributed by atoms with Gasteiger partial charge < -0.3 is 5.11 Å². The fraction of sp³-hybridized carbons (Fsp3) is 0.182. The first kappa shape index (κ1) is 14.2. The monoisotopic (exact) mass is 296 g/mol. The molecule has 3 N–H and O–H groups in total. The van der Waals surface area contributed by atoms with Crippen LogP contribution in [0.3, 0.4) is 0 Å². The summed E-state index contributed by atoms with van der Waals surface area (Å²) in [7, 11) is -3.97. The first-order chi connectivity index (χ1) is 9.42. The van der Waals surface area contributed by atoms with Gasteiger partial charge >= 0.3 is 5.97 Å². The minimum Gasteiger partial charge on any atom is -0.476 e. The van der Waals surface area contributed by atoms with Crippen molar-refractivity contribution in [2.45, 2.75) is 18.4 Å². The Balaban J connectivity index is 2.27. The molecule has 2 aromatic heterocycles. The van der Waals surface area contributed by atoms with Crippen LogP contribution in [0.5, 0.6) is 0 Å². The highest BCUT2D eigenvalue weighted by Gasteiger charge is 2.27. The molecule has 2 heterocycles. The molecule has 0 aromatic carbocycles. The van der Waals surface area contributed by atoms with Crippen LogP contribution in [0.2, 0.25) is 0 Å². The van der Waals surface area contributed by atoms with E-state index in [0.717, 1.165) is 0 Å². The van der Waals surface area contributed by atoms with E-state index in [1.807, 2.05) is 0 Å². The van der Waals surface area contributed by atoms with Gasteiger partial charge in [0.1, 0.15) is 4.90 Å². The number of sulfonamides is 1. The molecule has 0 atom stereocenters. The number of aromatic amines is 1. The number of nitrogens with one attached hydrogen (secondary N) is 2. The lowest BCUT2D eigenvalue weighted by atomic mass is 10.3. The van der Waals surface area contributed by atoms with Crippen molar-refractivity contribution in [1.29, 1.82) is 0 Å². The van der Waals surface area contributed by atoms with Gasteiger partial charge in [0.2, 0.25) is 10.0 Å². The van der Waals surface area contributed by atoms with E-state index in [0.29, 0.717) is 5.56 Å². The number of H-pyrrole nitrogens is 1. The number of aromatic nitrogens is 3. The summed E-state index contributed by atoms with van der Waals surface area (Å²) in [6.07, 6.45) is 3.07. The minimum atomic E-state index is -3.97. The average molecular weight is 296 g/mol. The minimum absolute atomic E-state index is 0.0362. The second-order valence-corrected chi connectivity index (χ2v) is 5.72. The molecule has 0 aliphatic carbocycles. The Morgan fingerprint density at radius 2 is 2.05 bits per heavy atom. The van der Waals surface area contributed by atoms with Crippen LogP contribution in [0.4, 0.5) is 0 Å².